The number of hydrogen-bond donors (Lipinski definition) is 0. The van der Waals surface area contributed by atoms with Crippen LogP contribution in [0, 0.1) is 10.1 Å². The standard InChI is InChI=1S/C15H10ClNO3/c16-13-3-1-2-11(10-13)4-9-15(18)12-5-7-14(8-6-12)17(19)20/h1-10H/b9-4-. The molecule has 20 heavy (non-hydrogen) atoms. The first-order valence-electron chi connectivity index (χ1n) is 5.79. The highest BCUT2D eigenvalue weighted by molar-refractivity contribution is 6.30. The van der Waals surface area contributed by atoms with Crippen LogP contribution in [0.3, 0.4) is 0 Å². The molecule has 0 bridgehead atoms. The highest BCUT2D eigenvalue weighted by Crippen LogP contribution is 2.14. The third-order valence-electron chi connectivity index (χ3n) is 2.64. The highest BCUT2D eigenvalue weighted by atomic mass is 35.5. The predicted molar refractivity (Wildman–Crippen MR) is 77.9 cm³/mol. The molecule has 0 heterocycles. The van der Waals surface area contributed by atoms with Crippen molar-refractivity contribution in [1.82, 2.24) is 0 Å². The molecular weight excluding hydrogens is 278 g/mol. The van der Waals surface area contributed by atoms with Crippen molar-refractivity contribution in [2.24, 2.45) is 0 Å². The molecule has 0 N–H and O–H groups in total. The number of hydrogen-bond acceptors (Lipinski definition) is 3. The molecule has 2 aromatic carbocycles. The molecule has 2 aromatic rings. The molecule has 0 aliphatic carbocycles. The van der Waals surface area contributed by atoms with Gasteiger partial charge in [-0.1, -0.05) is 29.8 Å². The number of ketones is 1. The Bertz CT molecular complexity index is 678. The summed E-state index contributed by atoms with van der Waals surface area (Å²) in [5.74, 6) is -0.222. The lowest BCUT2D eigenvalue weighted by Crippen LogP contribution is -1.95. The van der Waals surface area contributed by atoms with Crippen molar-refractivity contribution >= 4 is 29.1 Å². The molecule has 100 valence electrons. The van der Waals surface area contributed by atoms with E-state index in [4.69, 9.17) is 11.6 Å². The predicted octanol–water partition coefficient (Wildman–Crippen LogP) is 4.14. The van der Waals surface area contributed by atoms with E-state index in [-0.39, 0.29) is 11.5 Å². The molecule has 0 radical (unpaired) electrons. The normalized spacial score (nSPS) is 10.7. The Kier molecular flexibility index (Phi) is 4.27. The lowest BCUT2D eigenvalue weighted by molar-refractivity contribution is -0.384. The van der Waals surface area contributed by atoms with Gasteiger partial charge < -0.3 is 0 Å². The maximum Gasteiger partial charge on any atom is 0.269 e. The van der Waals surface area contributed by atoms with Gasteiger partial charge in [-0.2, -0.15) is 0 Å². The van der Waals surface area contributed by atoms with E-state index in [1.165, 1.54) is 30.3 Å². The van der Waals surface area contributed by atoms with Crippen molar-refractivity contribution in [2.75, 3.05) is 0 Å². The molecule has 0 saturated carbocycles. The van der Waals surface area contributed by atoms with Gasteiger partial charge in [0.2, 0.25) is 0 Å². The minimum absolute atomic E-state index is 0.0413. The van der Waals surface area contributed by atoms with Crippen molar-refractivity contribution in [3.8, 4) is 0 Å². The summed E-state index contributed by atoms with van der Waals surface area (Å²) in [5.41, 5.74) is 1.17. The van der Waals surface area contributed by atoms with Crippen LogP contribution in [0.5, 0.6) is 0 Å². The number of non-ortho nitro benzene ring substituents is 1. The fourth-order valence-corrected chi connectivity index (χ4v) is 1.82. The number of carbonyl (C=O) groups is 1. The molecule has 0 fully saturated rings. The van der Waals surface area contributed by atoms with Crippen molar-refractivity contribution < 1.29 is 9.72 Å². The van der Waals surface area contributed by atoms with Crippen LogP contribution in [0.2, 0.25) is 5.02 Å². The number of nitro benzene ring substituents is 1. The Balaban J connectivity index is 2.13. The van der Waals surface area contributed by atoms with Gasteiger partial charge in [-0.15, -0.1) is 0 Å². The number of allylic oxidation sites excluding steroid dienone is 1. The lowest BCUT2D eigenvalue weighted by atomic mass is 10.1. The molecule has 0 amide bonds. The van der Waals surface area contributed by atoms with Gasteiger partial charge in [-0.25, -0.2) is 0 Å². The quantitative estimate of drug-likeness (QED) is 0.367. The van der Waals surface area contributed by atoms with E-state index in [0.717, 1.165) is 5.56 Å². The highest BCUT2D eigenvalue weighted by Gasteiger charge is 2.07. The van der Waals surface area contributed by atoms with E-state index in [2.05, 4.69) is 0 Å². The number of benzene rings is 2. The largest absolute Gasteiger partial charge is 0.289 e. The summed E-state index contributed by atoms with van der Waals surface area (Å²) in [6, 6.07) is 12.6. The Labute approximate surface area is 120 Å². The lowest BCUT2D eigenvalue weighted by Gasteiger charge is -1.96. The molecule has 0 aliphatic rings. The number of rotatable bonds is 4. The van der Waals surface area contributed by atoms with Crippen LogP contribution in [-0.4, -0.2) is 10.7 Å². The van der Waals surface area contributed by atoms with E-state index < -0.39 is 4.92 Å². The second-order valence-electron chi connectivity index (χ2n) is 4.06. The first-order valence-corrected chi connectivity index (χ1v) is 6.16. The van der Waals surface area contributed by atoms with Crippen LogP contribution in [0.1, 0.15) is 15.9 Å². The van der Waals surface area contributed by atoms with Gasteiger partial charge in [0.15, 0.2) is 5.78 Å². The van der Waals surface area contributed by atoms with Gasteiger partial charge in [0.25, 0.3) is 5.69 Å². The average Bonchev–Trinajstić information content (AvgIpc) is 2.45. The number of carbonyl (C=O) groups excluding carboxylic acids is 1. The molecule has 0 spiro atoms. The van der Waals surface area contributed by atoms with Crippen molar-refractivity contribution in [3.63, 3.8) is 0 Å². The van der Waals surface area contributed by atoms with Crippen molar-refractivity contribution in [3.05, 3.63) is 80.9 Å². The van der Waals surface area contributed by atoms with Gasteiger partial charge >= 0.3 is 0 Å². The van der Waals surface area contributed by atoms with Gasteiger partial charge in [-0.05, 0) is 35.9 Å². The van der Waals surface area contributed by atoms with Crippen LogP contribution in [0.4, 0.5) is 5.69 Å². The zero-order valence-electron chi connectivity index (χ0n) is 10.3. The summed E-state index contributed by atoms with van der Waals surface area (Å²) in [4.78, 5) is 21.9. The second kappa shape index (κ2) is 6.12. The van der Waals surface area contributed by atoms with Crippen LogP contribution in [0.15, 0.2) is 54.6 Å². The number of halogens is 1. The molecule has 4 nitrogen and oxygen atoms in total. The molecule has 0 aromatic heterocycles. The molecule has 5 heteroatoms. The summed E-state index contributed by atoms with van der Waals surface area (Å²) in [5, 5.41) is 11.1. The third-order valence-corrected chi connectivity index (χ3v) is 2.87. The summed E-state index contributed by atoms with van der Waals surface area (Å²) < 4.78 is 0. The molecular formula is C15H10ClNO3. The first-order chi connectivity index (χ1) is 9.56. The van der Waals surface area contributed by atoms with Crippen LogP contribution in [-0.2, 0) is 0 Å². The maximum atomic E-state index is 11.9. The number of nitro groups is 1. The second-order valence-corrected chi connectivity index (χ2v) is 4.49. The van der Waals surface area contributed by atoms with E-state index in [1.807, 2.05) is 6.07 Å². The summed E-state index contributed by atoms with van der Waals surface area (Å²) >= 11 is 5.84. The summed E-state index contributed by atoms with van der Waals surface area (Å²) in [6.45, 7) is 0. The van der Waals surface area contributed by atoms with Gasteiger partial charge in [0, 0.05) is 22.7 Å². The monoisotopic (exact) mass is 287 g/mol. The number of nitrogens with zero attached hydrogens (tertiary/aromatic N) is 1. The molecule has 0 saturated heterocycles. The topological polar surface area (TPSA) is 60.2 Å². The van der Waals surface area contributed by atoms with Gasteiger partial charge in [0.05, 0.1) is 4.92 Å². The Morgan fingerprint density at radius 3 is 2.45 bits per heavy atom. The van der Waals surface area contributed by atoms with Crippen LogP contribution in [0.25, 0.3) is 6.08 Å². The van der Waals surface area contributed by atoms with Crippen molar-refractivity contribution in [1.29, 1.82) is 0 Å². The molecule has 0 atom stereocenters. The van der Waals surface area contributed by atoms with E-state index >= 15 is 0 Å². The first kappa shape index (κ1) is 14.0. The minimum atomic E-state index is -0.504. The fourth-order valence-electron chi connectivity index (χ4n) is 1.63. The zero-order valence-corrected chi connectivity index (χ0v) is 11.1. The molecule has 0 unspecified atom stereocenters. The maximum absolute atomic E-state index is 11.9. The zero-order chi connectivity index (χ0) is 14.5. The van der Waals surface area contributed by atoms with Crippen LogP contribution < -0.4 is 0 Å². The average molecular weight is 288 g/mol. The molecule has 0 aliphatic heterocycles. The van der Waals surface area contributed by atoms with Crippen LogP contribution >= 0.6 is 11.6 Å². The Hall–Kier alpha value is -2.46. The summed E-state index contributed by atoms with van der Waals surface area (Å²) in [6.07, 6.45) is 3.06. The van der Waals surface area contributed by atoms with Crippen molar-refractivity contribution in [2.45, 2.75) is 0 Å². The van der Waals surface area contributed by atoms with E-state index in [1.54, 1.807) is 24.3 Å². The smallest absolute Gasteiger partial charge is 0.269 e. The third kappa shape index (κ3) is 3.52. The van der Waals surface area contributed by atoms with E-state index in [9.17, 15) is 14.9 Å². The summed E-state index contributed by atoms with van der Waals surface area (Å²) in [7, 11) is 0. The molecule has 2 rings (SSSR count). The Morgan fingerprint density at radius 1 is 1.15 bits per heavy atom. The van der Waals surface area contributed by atoms with E-state index in [0.29, 0.717) is 10.6 Å². The van der Waals surface area contributed by atoms with Gasteiger partial charge in [-0.3, -0.25) is 14.9 Å². The Morgan fingerprint density at radius 2 is 1.85 bits per heavy atom. The minimum Gasteiger partial charge on any atom is -0.289 e. The SMILES string of the molecule is O=C(/C=C\c1cccc(Cl)c1)c1ccc([N+](=O)[O-])cc1. The van der Waals surface area contributed by atoms with Gasteiger partial charge in [0.1, 0.15) is 0 Å². The fraction of sp³-hybridized carbons (Fsp3) is 0.